The fraction of sp³-hybridized carbons (Fsp3) is 0.333. The molecule has 6 rings (SSSR count). The van der Waals surface area contributed by atoms with E-state index in [9.17, 15) is 35.9 Å². The number of carboxylic acids is 2. The lowest BCUT2D eigenvalue weighted by Gasteiger charge is -2.10. The molecule has 0 aliphatic rings. The third kappa shape index (κ3) is 13.3. The van der Waals surface area contributed by atoms with Gasteiger partial charge in [0.2, 0.25) is 0 Å². The maximum absolute atomic E-state index is 13.0. The molecule has 6 nitrogen and oxygen atoms in total. The van der Waals surface area contributed by atoms with Crippen molar-refractivity contribution in [3.63, 3.8) is 0 Å². The van der Waals surface area contributed by atoms with Crippen LogP contribution in [0.15, 0.2) is 82.6 Å². The van der Waals surface area contributed by atoms with E-state index in [2.05, 4.69) is 0 Å². The first kappa shape index (κ1) is 47.7. The van der Waals surface area contributed by atoms with E-state index in [1.54, 1.807) is 70.5 Å². The highest BCUT2D eigenvalue weighted by Gasteiger charge is 2.32. The van der Waals surface area contributed by atoms with Crippen molar-refractivity contribution in [1.82, 2.24) is 0 Å². The average molecular weight is 923 g/mol. The fourth-order valence-corrected chi connectivity index (χ4v) is 10.8. The Kier molecular flexibility index (Phi) is 16.5. The van der Waals surface area contributed by atoms with Gasteiger partial charge in [-0.15, -0.1) is 46.2 Å². The summed E-state index contributed by atoms with van der Waals surface area (Å²) in [6.45, 7) is 6.92. The molecule has 0 saturated carbocycles. The van der Waals surface area contributed by atoms with Crippen molar-refractivity contribution in [2.45, 2.75) is 81.9 Å². The zero-order chi connectivity index (χ0) is 44.5. The second-order valence-electron chi connectivity index (χ2n) is 14.0. The SMILES string of the molecule is CCc1cc(SCCCc2sc3ccc(C(F)(F)F)cc3c2C)ccc1OCC(=O)O.Cc1cc(SCCCc2sc3ccc(C(F)(F)F)cc3c2C)ccc1OCC(=O)O. The summed E-state index contributed by atoms with van der Waals surface area (Å²) in [5.41, 5.74) is 2.50. The Morgan fingerprint density at radius 2 is 1.07 bits per heavy atom. The predicted octanol–water partition coefficient (Wildman–Crippen LogP) is 13.7. The summed E-state index contributed by atoms with van der Waals surface area (Å²) >= 11 is 6.52. The molecule has 0 fully saturated rings. The van der Waals surface area contributed by atoms with Crippen LogP contribution in [0, 0.1) is 20.8 Å². The van der Waals surface area contributed by atoms with Gasteiger partial charge in [0.25, 0.3) is 0 Å². The predicted molar refractivity (Wildman–Crippen MR) is 234 cm³/mol. The van der Waals surface area contributed by atoms with Crippen molar-refractivity contribution in [2.75, 3.05) is 24.7 Å². The van der Waals surface area contributed by atoms with Crippen LogP contribution in [0.3, 0.4) is 0 Å². The van der Waals surface area contributed by atoms with E-state index < -0.39 is 35.4 Å². The molecule has 0 saturated heterocycles. The monoisotopic (exact) mass is 922 g/mol. The number of hydrogen-bond donors (Lipinski definition) is 2. The summed E-state index contributed by atoms with van der Waals surface area (Å²) in [5.74, 6) is 0.871. The van der Waals surface area contributed by atoms with Crippen LogP contribution >= 0.6 is 46.2 Å². The highest BCUT2D eigenvalue weighted by atomic mass is 32.2. The Balaban J connectivity index is 0.000000231. The number of benzene rings is 4. The van der Waals surface area contributed by atoms with Gasteiger partial charge >= 0.3 is 24.3 Å². The molecule has 0 radical (unpaired) electrons. The Labute approximate surface area is 366 Å². The van der Waals surface area contributed by atoms with Crippen LogP contribution in [-0.2, 0) is 41.2 Å². The van der Waals surface area contributed by atoms with Gasteiger partial charge in [0, 0.05) is 28.9 Å². The molecule has 61 heavy (non-hydrogen) atoms. The second kappa shape index (κ2) is 21.1. The van der Waals surface area contributed by atoms with E-state index in [4.69, 9.17) is 19.7 Å². The van der Waals surface area contributed by atoms with Crippen molar-refractivity contribution >= 4 is 78.3 Å². The Hall–Kier alpha value is -4.38. The first-order valence-electron chi connectivity index (χ1n) is 19.2. The molecule has 0 unspecified atom stereocenters. The van der Waals surface area contributed by atoms with E-state index in [1.165, 1.54) is 12.1 Å². The summed E-state index contributed by atoms with van der Waals surface area (Å²) < 4.78 is 90.2. The van der Waals surface area contributed by atoms with Gasteiger partial charge in [0.15, 0.2) is 13.2 Å². The van der Waals surface area contributed by atoms with Crippen LogP contribution in [-0.4, -0.2) is 46.9 Å². The van der Waals surface area contributed by atoms with E-state index >= 15 is 0 Å². The van der Waals surface area contributed by atoms with E-state index in [1.807, 2.05) is 52.0 Å². The van der Waals surface area contributed by atoms with Gasteiger partial charge in [0.1, 0.15) is 11.5 Å². The quantitative estimate of drug-likeness (QED) is 0.0531. The number of fused-ring (bicyclic) bond motifs is 2. The zero-order valence-electron chi connectivity index (χ0n) is 33.7. The summed E-state index contributed by atoms with van der Waals surface area (Å²) in [4.78, 5) is 25.7. The maximum Gasteiger partial charge on any atom is 0.416 e. The number of thioether (sulfide) groups is 2. The number of carboxylic acid groups (broad SMARTS) is 2. The van der Waals surface area contributed by atoms with Gasteiger partial charge in [-0.3, -0.25) is 0 Å². The van der Waals surface area contributed by atoms with E-state index in [0.717, 1.165) is 107 Å². The van der Waals surface area contributed by atoms with Crippen LogP contribution in [0.5, 0.6) is 11.5 Å². The lowest BCUT2D eigenvalue weighted by atomic mass is 10.1. The summed E-state index contributed by atoms with van der Waals surface area (Å²) in [7, 11) is 0. The van der Waals surface area contributed by atoms with Gasteiger partial charge in [-0.25, -0.2) is 9.59 Å². The fourth-order valence-electron chi connectivity index (χ4n) is 6.43. The highest BCUT2D eigenvalue weighted by Crippen LogP contribution is 2.39. The van der Waals surface area contributed by atoms with E-state index in [0.29, 0.717) is 22.3 Å². The van der Waals surface area contributed by atoms with Crippen LogP contribution in [0.2, 0.25) is 0 Å². The lowest BCUT2D eigenvalue weighted by molar-refractivity contribution is -0.140. The summed E-state index contributed by atoms with van der Waals surface area (Å²) in [6.07, 6.45) is -4.47. The summed E-state index contributed by atoms with van der Waals surface area (Å²) in [6, 6.07) is 19.3. The van der Waals surface area contributed by atoms with Gasteiger partial charge in [-0.2, -0.15) is 26.3 Å². The zero-order valence-corrected chi connectivity index (χ0v) is 37.0. The molecular weight excluding hydrogens is 879 g/mol. The second-order valence-corrected chi connectivity index (χ2v) is 18.6. The average Bonchev–Trinajstić information content (AvgIpc) is 3.70. The molecule has 2 N–H and O–H groups in total. The third-order valence-electron chi connectivity index (χ3n) is 9.62. The first-order chi connectivity index (χ1) is 28.8. The van der Waals surface area contributed by atoms with Crippen LogP contribution in [0.1, 0.15) is 62.9 Å². The van der Waals surface area contributed by atoms with Crippen molar-refractivity contribution in [3.8, 4) is 11.5 Å². The minimum absolute atomic E-state index is 0.363. The molecule has 2 heterocycles. The van der Waals surface area contributed by atoms with Gasteiger partial charge < -0.3 is 19.7 Å². The minimum Gasteiger partial charge on any atom is -0.482 e. The van der Waals surface area contributed by atoms with Crippen molar-refractivity contribution < 1.29 is 55.6 Å². The molecular formula is C45H44F6O6S4. The number of halogens is 6. The van der Waals surface area contributed by atoms with Gasteiger partial charge in [-0.05, 0) is 170 Å². The Bertz CT molecular complexity index is 2470. The van der Waals surface area contributed by atoms with Gasteiger partial charge in [-0.1, -0.05) is 6.92 Å². The number of alkyl halides is 6. The molecule has 0 aliphatic carbocycles. The molecule has 6 aromatic rings. The molecule has 0 aliphatic heterocycles. The number of rotatable bonds is 17. The van der Waals surface area contributed by atoms with Crippen LogP contribution in [0.25, 0.3) is 20.2 Å². The maximum atomic E-state index is 13.0. The number of aliphatic carboxylic acids is 2. The Morgan fingerprint density at radius 3 is 1.49 bits per heavy atom. The number of thiophene rings is 2. The number of aryl methyl sites for hydroxylation is 6. The Morgan fingerprint density at radius 1 is 0.623 bits per heavy atom. The van der Waals surface area contributed by atoms with Gasteiger partial charge in [0.05, 0.1) is 11.1 Å². The normalized spacial score (nSPS) is 11.8. The van der Waals surface area contributed by atoms with E-state index in [-0.39, 0.29) is 13.2 Å². The molecule has 0 atom stereocenters. The number of hydrogen-bond acceptors (Lipinski definition) is 8. The molecule has 0 spiro atoms. The largest absolute Gasteiger partial charge is 0.482 e. The molecule has 0 bridgehead atoms. The summed E-state index contributed by atoms with van der Waals surface area (Å²) in [5, 5.41) is 18.8. The standard InChI is InChI=1S/C23H23F3O3S2.C22H21F3O3S2/c1-3-15-11-17(7-8-19(15)29-13-22(27)28)30-10-4-5-20-14(2)18-12-16(23(24,25)26)6-9-21(18)31-20;1-13-10-16(6-7-18(13)28-12-21(26)27)29-9-3-4-19-14(2)17-11-15(22(23,24)25)5-8-20(17)30-19/h6-9,11-12H,3-5,10,13H2,1-2H3,(H,27,28);5-8,10-11H,3-4,9,12H2,1-2H3,(H,26,27). The number of ether oxygens (including phenoxy) is 2. The smallest absolute Gasteiger partial charge is 0.416 e. The van der Waals surface area contributed by atoms with Crippen LogP contribution < -0.4 is 9.47 Å². The molecule has 2 aromatic heterocycles. The van der Waals surface area contributed by atoms with Crippen molar-refractivity contribution in [2.24, 2.45) is 0 Å². The molecule has 326 valence electrons. The highest BCUT2D eigenvalue weighted by molar-refractivity contribution is 7.99. The van der Waals surface area contributed by atoms with Crippen molar-refractivity contribution in [3.05, 3.63) is 116 Å². The topological polar surface area (TPSA) is 93.1 Å². The van der Waals surface area contributed by atoms with Crippen LogP contribution in [0.4, 0.5) is 26.3 Å². The molecule has 4 aromatic carbocycles. The first-order valence-corrected chi connectivity index (χ1v) is 22.8. The minimum atomic E-state index is -4.33. The van der Waals surface area contributed by atoms with Crippen molar-refractivity contribution in [1.29, 1.82) is 0 Å². The lowest BCUT2D eigenvalue weighted by Crippen LogP contribution is -2.10. The molecule has 0 amide bonds. The number of carbonyl (C=O) groups is 2. The third-order valence-corrected chi connectivity index (χ3v) is 14.4. The molecule has 16 heteroatoms.